The van der Waals surface area contributed by atoms with Crippen molar-refractivity contribution in [2.24, 2.45) is 0 Å². The zero-order chi connectivity index (χ0) is 14.0. The number of benzene rings is 1. The van der Waals surface area contributed by atoms with Gasteiger partial charge in [0.05, 0.1) is 6.61 Å². The Morgan fingerprint density at radius 2 is 1.94 bits per heavy atom. The minimum Gasteiger partial charge on any atom is -0.424 e. The topological polar surface area (TPSA) is 58.3 Å². The number of hydrogen-bond donors (Lipinski definition) is 2. The van der Waals surface area contributed by atoms with E-state index in [-0.39, 0.29) is 6.61 Å². The van der Waals surface area contributed by atoms with Crippen LogP contribution in [0.1, 0.15) is 27.7 Å². The van der Waals surface area contributed by atoms with Crippen molar-refractivity contribution in [2.75, 3.05) is 18.5 Å². The normalized spacial score (nSPS) is 9.00. The van der Waals surface area contributed by atoms with Crippen molar-refractivity contribution in [3.05, 3.63) is 23.2 Å². The Hall–Kier alpha value is -1.26. The van der Waals surface area contributed by atoms with E-state index >= 15 is 0 Å². The number of aliphatic hydroxyl groups excluding tert-OH is 1. The second-order valence-electron chi connectivity index (χ2n) is 2.78. The molecular weight excluding hydrogens is 252 g/mol. The van der Waals surface area contributed by atoms with E-state index in [1.807, 2.05) is 27.7 Å². The Kier molecular flexibility index (Phi) is 9.06. The van der Waals surface area contributed by atoms with Gasteiger partial charge in [-0.3, -0.25) is 0 Å². The minimum absolute atomic E-state index is 0.0412. The largest absolute Gasteiger partial charge is 0.424 e. The van der Waals surface area contributed by atoms with Gasteiger partial charge in [-0.1, -0.05) is 39.3 Å². The van der Waals surface area contributed by atoms with Gasteiger partial charge in [-0.2, -0.15) is 4.98 Å². The van der Waals surface area contributed by atoms with E-state index in [1.165, 1.54) is 0 Å². The lowest BCUT2D eigenvalue weighted by Crippen LogP contribution is -2.05. The lowest BCUT2D eigenvalue weighted by Gasteiger charge is -1.94. The zero-order valence-electron chi connectivity index (χ0n) is 11.3. The highest BCUT2D eigenvalue weighted by atomic mass is 35.5. The molecule has 0 radical (unpaired) electrons. The molecule has 0 aliphatic heterocycles. The van der Waals surface area contributed by atoms with Crippen LogP contribution in [0.15, 0.2) is 22.6 Å². The first-order valence-corrected chi connectivity index (χ1v) is 6.58. The fraction of sp³-hybridized carbons (Fsp3) is 0.462. The first kappa shape index (κ1) is 16.7. The summed E-state index contributed by atoms with van der Waals surface area (Å²) in [5.41, 5.74) is 1.38. The number of anilines is 1. The molecule has 0 spiro atoms. The number of oxazole rings is 1. The maximum absolute atomic E-state index is 8.59. The second kappa shape index (κ2) is 9.74. The summed E-state index contributed by atoms with van der Waals surface area (Å²) in [6.45, 7) is 8.46. The molecule has 18 heavy (non-hydrogen) atoms. The van der Waals surface area contributed by atoms with Crippen molar-refractivity contribution in [3.63, 3.8) is 0 Å². The molecule has 0 saturated carbocycles. The Labute approximate surface area is 113 Å². The van der Waals surface area contributed by atoms with E-state index in [9.17, 15) is 0 Å². The fourth-order valence-electron chi connectivity index (χ4n) is 1.14. The van der Waals surface area contributed by atoms with Gasteiger partial charge in [0.15, 0.2) is 5.58 Å². The number of rotatable bonds is 3. The summed E-state index contributed by atoms with van der Waals surface area (Å²) in [7, 11) is 0. The summed E-state index contributed by atoms with van der Waals surface area (Å²) < 4.78 is 5.33. The monoisotopic (exact) mass is 272 g/mol. The number of nitrogens with zero attached hydrogens (tertiary/aromatic N) is 1. The number of hydrogen-bond acceptors (Lipinski definition) is 4. The second-order valence-corrected chi connectivity index (χ2v) is 3.22. The van der Waals surface area contributed by atoms with E-state index in [4.69, 9.17) is 21.1 Å². The van der Waals surface area contributed by atoms with Crippen LogP contribution in [0.2, 0.25) is 5.02 Å². The van der Waals surface area contributed by atoms with E-state index in [2.05, 4.69) is 10.3 Å². The van der Waals surface area contributed by atoms with Crippen molar-refractivity contribution in [1.29, 1.82) is 0 Å². The van der Waals surface area contributed by atoms with Crippen molar-refractivity contribution in [1.82, 2.24) is 4.98 Å². The molecule has 0 saturated heterocycles. The van der Waals surface area contributed by atoms with Gasteiger partial charge >= 0.3 is 0 Å². The smallest absolute Gasteiger partial charge is 0.295 e. The van der Waals surface area contributed by atoms with Crippen molar-refractivity contribution >= 4 is 28.7 Å². The predicted molar refractivity (Wildman–Crippen MR) is 77.3 cm³/mol. The Balaban J connectivity index is 0.000000659. The molecule has 2 rings (SSSR count). The van der Waals surface area contributed by atoms with E-state index < -0.39 is 0 Å². The molecule has 1 aromatic heterocycles. The van der Waals surface area contributed by atoms with Crippen LogP contribution in [0, 0.1) is 0 Å². The van der Waals surface area contributed by atoms with Gasteiger partial charge in [-0.15, -0.1) is 0 Å². The molecule has 0 aliphatic rings. The zero-order valence-corrected chi connectivity index (χ0v) is 12.1. The summed E-state index contributed by atoms with van der Waals surface area (Å²) in [6, 6.07) is 5.63. The number of aliphatic hydroxyl groups is 1. The van der Waals surface area contributed by atoms with E-state index in [0.717, 1.165) is 0 Å². The van der Waals surface area contributed by atoms with Crippen molar-refractivity contribution in [2.45, 2.75) is 27.7 Å². The highest BCUT2D eigenvalue weighted by Crippen LogP contribution is 2.21. The SMILES string of the molecule is CC.CC.OCCNc1nc2cc(Cl)ccc2o1. The quantitative estimate of drug-likeness (QED) is 0.889. The van der Waals surface area contributed by atoms with E-state index in [0.29, 0.717) is 28.7 Å². The fourth-order valence-corrected chi connectivity index (χ4v) is 1.31. The summed E-state index contributed by atoms with van der Waals surface area (Å²) in [4.78, 5) is 4.14. The van der Waals surface area contributed by atoms with Crippen LogP contribution in [-0.2, 0) is 0 Å². The van der Waals surface area contributed by atoms with Crippen LogP contribution in [-0.4, -0.2) is 23.2 Å². The van der Waals surface area contributed by atoms with Crippen LogP contribution >= 0.6 is 11.6 Å². The highest BCUT2D eigenvalue weighted by molar-refractivity contribution is 6.31. The molecule has 0 atom stereocenters. The third kappa shape index (κ3) is 4.94. The molecule has 1 aromatic carbocycles. The lowest BCUT2D eigenvalue weighted by molar-refractivity contribution is 0.310. The van der Waals surface area contributed by atoms with Crippen molar-refractivity contribution in [3.8, 4) is 0 Å². The summed E-state index contributed by atoms with van der Waals surface area (Å²) in [5.74, 6) is 0. The molecule has 102 valence electrons. The molecule has 5 heteroatoms. The van der Waals surface area contributed by atoms with Gasteiger partial charge in [0.2, 0.25) is 0 Å². The van der Waals surface area contributed by atoms with Gasteiger partial charge in [0, 0.05) is 11.6 Å². The van der Waals surface area contributed by atoms with Gasteiger partial charge in [-0.05, 0) is 18.2 Å². The molecule has 2 aromatic rings. The molecule has 2 N–H and O–H groups in total. The first-order chi connectivity index (χ1) is 8.79. The summed E-state index contributed by atoms with van der Waals surface area (Å²) in [6.07, 6.45) is 0. The molecule has 0 bridgehead atoms. The maximum atomic E-state index is 8.59. The maximum Gasteiger partial charge on any atom is 0.295 e. The number of halogens is 1. The van der Waals surface area contributed by atoms with Gasteiger partial charge < -0.3 is 14.8 Å². The van der Waals surface area contributed by atoms with Gasteiger partial charge in [-0.25, -0.2) is 0 Å². The third-order valence-electron chi connectivity index (χ3n) is 1.74. The predicted octanol–water partition coefficient (Wildman–Crippen LogP) is 3.94. The average molecular weight is 273 g/mol. The molecular formula is C13H21ClN2O2. The molecule has 1 heterocycles. The Bertz CT molecular complexity index is 443. The molecule has 0 aliphatic carbocycles. The van der Waals surface area contributed by atoms with Crippen LogP contribution in [0.3, 0.4) is 0 Å². The van der Waals surface area contributed by atoms with Crippen LogP contribution in [0.5, 0.6) is 0 Å². The Morgan fingerprint density at radius 1 is 1.28 bits per heavy atom. The van der Waals surface area contributed by atoms with Crippen LogP contribution < -0.4 is 5.32 Å². The minimum atomic E-state index is 0.0412. The van der Waals surface area contributed by atoms with Crippen LogP contribution in [0.25, 0.3) is 11.1 Å². The lowest BCUT2D eigenvalue weighted by atomic mass is 10.3. The summed E-state index contributed by atoms with van der Waals surface area (Å²) in [5, 5.41) is 12.1. The summed E-state index contributed by atoms with van der Waals surface area (Å²) >= 11 is 5.79. The van der Waals surface area contributed by atoms with E-state index in [1.54, 1.807) is 18.2 Å². The van der Waals surface area contributed by atoms with Crippen LogP contribution in [0.4, 0.5) is 6.01 Å². The molecule has 0 unspecified atom stereocenters. The highest BCUT2D eigenvalue weighted by Gasteiger charge is 2.04. The van der Waals surface area contributed by atoms with Gasteiger partial charge in [0.25, 0.3) is 6.01 Å². The third-order valence-corrected chi connectivity index (χ3v) is 1.97. The van der Waals surface area contributed by atoms with Gasteiger partial charge in [0.1, 0.15) is 5.52 Å². The number of aromatic nitrogens is 1. The Morgan fingerprint density at radius 3 is 2.56 bits per heavy atom. The molecule has 4 nitrogen and oxygen atoms in total. The standard InChI is InChI=1S/C9H9ClN2O2.2C2H6/c10-6-1-2-8-7(5-6)12-9(14-8)11-3-4-13;2*1-2/h1-2,5,13H,3-4H2,(H,11,12);2*1-2H3. The first-order valence-electron chi connectivity index (χ1n) is 6.20. The number of nitrogens with one attached hydrogen (secondary N) is 1. The average Bonchev–Trinajstić information content (AvgIpc) is 2.83. The number of fused-ring (bicyclic) bond motifs is 1. The molecule has 0 fully saturated rings. The van der Waals surface area contributed by atoms with Crippen molar-refractivity contribution < 1.29 is 9.52 Å². The molecule has 0 amide bonds.